The van der Waals surface area contributed by atoms with E-state index >= 15 is 0 Å². The zero-order valence-electron chi connectivity index (χ0n) is 18.0. The average Bonchev–Trinajstić information content (AvgIpc) is 2.78. The summed E-state index contributed by atoms with van der Waals surface area (Å²) in [5.74, 6) is -1.93. The summed E-state index contributed by atoms with van der Waals surface area (Å²) in [5, 5.41) is 0. The first-order chi connectivity index (χ1) is 14.5. The molecule has 0 spiro atoms. The normalized spacial score (nSPS) is 23.1. The van der Waals surface area contributed by atoms with Crippen LogP contribution >= 0.6 is 0 Å². The van der Waals surface area contributed by atoms with Crippen molar-refractivity contribution in [2.75, 3.05) is 47.6 Å². The number of esters is 3. The van der Waals surface area contributed by atoms with E-state index in [9.17, 15) is 14.4 Å². The molecule has 166 valence electrons. The van der Waals surface area contributed by atoms with Gasteiger partial charge in [0.15, 0.2) is 0 Å². The highest BCUT2D eigenvalue weighted by molar-refractivity contribution is 6.09. The standard InChI is InChI=1S/C22H31NO7/c1-27-20(24)16-10-8-6-4-5-7-9-11-17(21(25)28-2)19(18(16)22(26)29-3)23-12-14-30-15-13-23/h10-11H,4-9,12-15H2,1-3H3/b16-10-,17-11?,19-18-. The lowest BCUT2D eigenvalue weighted by molar-refractivity contribution is -0.139. The SMILES string of the molecule is COC(=O)C1=CCCCCCC/C=C(C(=O)OC)/C(C(=O)OC)=C\1N1CCOCC1. The highest BCUT2D eigenvalue weighted by atomic mass is 16.5. The fraction of sp³-hybridized carbons (Fsp3) is 0.591. The Hall–Kier alpha value is -2.61. The fourth-order valence-corrected chi connectivity index (χ4v) is 3.61. The lowest BCUT2D eigenvalue weighted by Crippen LogP contribution is -2.39. The van der Waals surface area contributed by atoms with E-state index in [0.717, 1.165) is 25.7 Å². The van der Waals surface area contributed by atoms with Gasteiger partial charge in [-0.3, -0.25) is 0 Å². The summed E-state index contributed by atoms with van der Waals surface area (Å²) in [5.41, 5.74) is 0.689. The average molecular weight is 421 g/mol. The van der Waals surface area contributed by atoms with Gasteiger partial charge in [0.25, 0.3) is 0 Å². The van der Waals surface area contributed by atoms with Gasteiger partial charge >= 0.3 is 17.9 Å². The first-order valence-corrected chi connectivity index (χ1v) is 10.3. The molecule has 1 heterocycles. The molecule has 0 aromatic carbocycles. The summed E-state index contributed by atoms with van der Waals surface area (Å²) in [6, 6.07) is 0. The van der Waals surface area contributed by atoms with Crippen LogP contribution in [0.3, 0.4) is 0 Å². The Balaban J connectivity index is 2.82. The molecule has 1 saturated heterocycles. The predicted molar refractivity (Wildman–Crippen MR) is 109 cm³/mol. The van der Waals surface area contributed by atoms with Crippen molar-refractivity contribution in [3.05, 3.63) is 34.6 Å². The fourth-order valence-electron chi connectivity index (χ4n) is 3.61. The van der Waals surface area contributed by atoms with Gasteiger partial charge in [0.1, 0.15) is 0 Å². The molecule has 0 aromatic rings. The molecule has 0 amide bonds. The van der Waals surface area contributed by atoms with E-state index < -0.39 is 17.9 Å². The molecule has 8 nitrogen and oxygen atoms in total. The number of allylic oxidation sites excluding steroid dienone is 2. The van der Waals surface area contributed by atoms with Crippen LogP contribution in [0.15, 0.2) is 34.6 Å². The highest BCUT2D eigenvalue weighted by Gasteiger charge is 2.33. The van der Waals surface area contributed by atoms with Gasteiger partial charge in [-0.1, -0.05) is 25.0 Å². The van der Waals surface area contributed by atoms with Crippen LogP contribution in [0, 0.1) is 0 Å². The van der Waals surface area contributed by atoms with Gasteiger partial charge in [0.05, 0.1) is 57.0 Å². The number of methoxy groups -OCH3 is 3. The van der Waals surface area contributed by atoms with Crippen molar-refractivity contribution < 1.29 is 33.3 Å². The van der Waals surface area contributed by atoms with Crippen LogP contribution in [-0.4, -0.2) is 70.4 Å². The van der Waals surface area contributed by atoms with Crippen LogP contribution in [0.5, 0.6) is 0 Å². The minimum absolute atomic E-state index is 0.0171. The van der Waals surface area contributed by atoms with Crippen molar-refractivity contribution in [2.45, 2.75) is 38.5 Å². The Morgan fingerprint density at radius 1 is 0.767 bits per heavy atom. The van der Waals surface area contributed by atoms with Gasteiger partial charge in [0, 0.05) is 13.1 Å². The molecular weight excluding hydrogens is 390 g/mol. The Morgan fingerprint density at radius 2 is 1.27 bits per heavy atom. The highest BCUT2D eigenvalue weighted by Crippen LogP contribution is 2.30. The zero-order chi connectivity index (χ0) is 21.9. The minimum Gasteiger partial charge on any atom is -0.465 e. The first kappa shape index (κ1) is 23.7. The predicted octanol–water partition coefficient (Wildman–Crippen LogP) is 2.30. The first-order valence-electron chi connectivity index (χ1n) is 10.3. The van der Waals surface area contributed by atoms with Gasteiger partial charge in [0.2, 0.25) is 0 Å². The van der Waals surface area contributed by atoms with E-state index in [1.54, 1.807) is 12.2 Å². The number of ether oxygens (including phenoxy) is 4. The molecule has 0 atom stereocenters. The molecule has 0 aromatic heterocycles. The molecule has 0 bridgehead atoms. The number of rotatable bonds is 4. The molecule has 30 heavy (non-hydrogen) atoms. The second-order valence-corrected chi connectivity index (χ2v) is 7.02. The minimum atomic E-state index is -0.708. The summed E-state index contributed by atoms with van der Waals surface area (Å²) < 4.78 is 20.5. The van der Waals surface area contributed by atoms with Gasteiger partial charge in [-0.2, -0.15) is 0 Å². The smallest absolute Gasteiger partial charge is 0.340 e. The van der Waals surface area contributed by atoms with Crippen LogP contribution in [0.4, 0.5) is 0 Å². The van der Waals surface area contributed by atoms with E-state index in [1.165, 1.54) is 21.3 Å². The van der Waals surface area contributed by atoms with Gasteiger partial charge in [-0.05, 0) is 25.7 Å². The summed E-state index contributed by atoms with van der Waals surface area (Å²) in [7, 11) is 3.81. The van der Waals surface area contributed by atoms with Crippen molar-refractivity contribution in [2.24, 2.45) is 0 Å². The van der Waals surface area contributed by atoms with Crippen molar-refractivity contribution in [1.29, 1.82) is 0 Å². The Kier molecular flexibility index (Phi) is 9.60. The molecule has 2 aliphatic rings. The number of morpholine rings is 1. The number of nitrogens with zero attached hydrogens (tertiary/aromatic N) is 1. The van der Waals surface area contributed by atoms with E-state index in [1.807, 2.05) is 4.90 Å². The second-order valence-electron chi connectivity index (χ2n) is 7.02. The maximum atomic E-state index is 13.0. The summed E-state index contributed by atoms with van der Waals surface area (Å²) in [6.07, 6.45) is 8.55. The molecule has 1 aliphatic heterocycles. The third-order valence-electron chi connectivity index (χ3n) is 5.14. The molecule has 1 fully saturated rings. The van der Waals surface area contributed by atoms with E-state index in [4.69, 9.17) is 18.9 Å². The number of hydrogen-bond donors (Lipinski definition) is 0. The molecular formula is C22H31NO7. The van der Waals surface area contributed by atoms with Crippen LogP contribution in [0.1, 0.15) is 38.5 Å². The van der Waals surface area contributed by atoms with Crippen LogP contribution in [0.2, 0.25) is 0 Å². The van der Waals surface area contributed by atoms with Crippen molar-refractivity contribution in [1.82, 2.24) is 4.90 Å². The van der Waals surface area contributed by atoms with Crippen LogP contribution < -0.4 is 0 Å². The molecule has 0 unspecified atom stereocenters. The maximum Gasteiger partial charge on any atom is 0.340 e. The summed E-state index contributed by atoms with van der Waals surface area (Å²) >= 11 is 0. The topological polar surface area (TPSA) is 91.4 Å². The molecule has 2 rings (SSSR count). The lowest BCUT2D eigenvalue weighted by atomic mass is 9.94. The number of carbonyl (C=O) groups is 3. The van der Waals surface area contributed by atoms with Gasteiger partial charge in [-0.15, -0.1) is 0 Å². The lowest BCUT2D eigenvalue weighted by Gasteiger charge is -2.33. The number of hydrogen-bond acceptors (Lipinski definition) is 8. The van der Waals surface area contributed by atoms with Gasteiger partial charge < -0.3 is 23.8 Å². The van der Waals surface area contributed by atoms with E-state index in [0.29, 0.717) is 44.8 Å². The molecule has 0 radical (unpaired) electrons. The largest absolute Gasteiger partial charge is 0.465 e. The maximum absolute atomic E-state index is 13.0. The molecule has 1 aliphatic carbocycles. The Morgan fingerprint density at radius 3 is 1.80 bits per heavy atom. The van der Waals surface area contributed by atoms with Crippen LogP contribution in [-0.2, 0) is 33.3 Å². The Bertz CT molecular complexity index is 730. The van der Waals surface area contributed by atoms with Crippen molar-refractivity contribution >= 4 is 17.9 Å². The summed E-state index contributed by atoms with van der Waals surface area (Å²) in [6.45, 7) is 1.78. The monoisotopic (exact) mass is 421 g/mol. The van der Waals surface area contributed by atoms with Crippen molar-refractivity contribution in [3.63, 3.8) is 0 Å². The van der Waals surface area contributed by atoms with E-state index in [-0.39, 0.29) is 16.7 Å². The summed E-state index contributed by atoms with van der Waals surface area (Å²) in [4.78, 5) is 40.3. The number of carbonyl (C=O) groups excluding carboxylic acids is 3. The third kappa shape index (κ3) is 5.95. The second kappa shape index (κ2) is 12.2. The van der Waals surface area contributed by atoms with E-state index in [2.05, 4.69) is 0 Å². The molecule has 0 N–H and O–H groups in total. The van der Waals surface area contributed by atoms with Crippen LogP contribution in [0.25, 0.3) is 0 Å². The quantitative estimate of drug-likeness (QED) is 0.504. The third-order valence-corrected chi connectivity index (χ3v) is 5.14. The Labute approximate surface area is 177 Å². The van der Waals surface area contributed by atoms with Gasteiger partial charge in [-0.25, -0.2) is 14.4 Å². The van der Waals surface area contributed by atoms with Crippen molar-refractivity contribution in [3.8, 4) is 0 Å². The molecule has 0 saturated carbocycles. The molecule has 8 heteroatoms. The zero-order valence-corrected chi connectivity index (χ0v) is 18.0.